The Bertz CT molecular complexity index is 906. The molecule has 1 fully saturated rings. The molecule has 118 valence electrons. The average molecular weight is 310 g/mol. The van der Waals surface area contributed by atoms with Crippen LogP contribution >= 0.6 is 0 Å². The number of H-pyrrole nitrogens is 1. The largest absolute Gasteiger partial charge is 0.381 e. The molecule has 0 amide bonds. The first-order chi connectivity index (χ1) is 11.2. The van der Waals surface area contributed by atoms with Gasteiger partial charge in [0.1, 0.15) is 0 Å². The molecule has 4 rings (SSSR count). The zero-order chi connectivity index (χ0) is 15.8. The third-order valence-electron chi connectivity index (χ3n) is 4.39. The normalized spacial score (nSPS) is 16.0. The van der Waals surface area contributed by atoms with E-state index in [1.807, 2.05) is 31.2 Å². The van der Waals surface area contributed by atoms with Gasteiger partial charge in [-0.2, -0.15) is 9.50 Å². The molecule has 0 unspecified atom stereocenters. The second-order valence-corrected chi connectivity index (χ2v) is 5.93. The van der Waals surface area contributed by atoms with Crippen molar-refractivity contribution >= 4 is 5.78 Å². The van der Waals surface area contributed by atoms with Gasteiger partial charge in [-0.05, 0) is 25.3 Å². The lowest BCUT2D eigenvalue weighted by atomic mass is 9.96. The topological polar surface area (TPSA) is 72.3 Å². The fourth-order valence-electron chi connectivity index (χ4n) is 3.06. The molecule has 1 aromatic carbocycles. The van der Waals surface area contributed by atoms with E-state index in [0.717, 1.165) is 42.9 Å². The number of benzene rings is 1. The van der Waals surface area contributed by atoms with Gasteiger partial charge in [0, 0.05) is 30.8 Å². The van der Waals surface area contributed by atoms with Crippen LogP contribution in [0.25, 0.3) is 17.2 Å². The molecule has 2 aromatic heterocycles. The first-order valence-corrected chi connectivity index (χ1v) is 7.86. The lowest BCUT2D eigenvalue weighted by molar-refractivity contribution is 0.0845. The number of hydrogen-bond donors (Lipinski definition) is 1. The molecule has 3 aromatic rings. The van der Waals surface area contributed by atoms with Crippen LogP contribution in [0.15, 0.2) is 35.1 Å². The Morgan fingerprint density at radius 2 is 2.00 bits per heavy atom. The Morgan fingerprint density at radius 1 is 1.22 bits per heavy atom. The number of nitrogens with zero attached hydrogens (tertiary/aromatic N) is 3. The summed E-state index contributed by atoms with van der Waals surface area (Å²) in [6.45, 7) is 3.47. The molecule has 1 aliphatic rings. The molecular weight excluding hydrogens is 292 g/mol. The van der Waals surface area contributed by atoms with Crippen molar-refractivity contribution in [3.8, 4) is 11.4 Å². The van der Waals surface area contributed by atoms with Crippen molar-refractivity contribution in [2.24, 2.45) is 0 Å². The smallest absolute Gasteiger partial charge is 0.274 e. The maximum atomic E-state index is 12.4. The molecule has 1 saturated heterocycles. The summed E-state index contributed by atoms with van der Waals surface area (Å²) in [5.74, 6) is 1.37. The van der Waals surface area contributed by atoms with E-state index in [1.54, 1.807) is 6.07 Å². The first kappa shape index (κ1) is 14.1. The van der Waals surface area contributed by atoms with Crippen molar-refractivity contribution in [2.45, 2.75) is 25.7 Å². The number of fused-ring (bicyclic) bond motifs is 1. The second-order valence-electron chi connectivity index (χ2n) is 5.93. The van der Waals surface area contributed by atoms with E-state index >= 15 is 0 Å². The fraction of sp³-hybridized carbons (Fsp3) is 0.353. The highest BCUT2D eigenvalue weighted by molar-refractivity contribution is 5.61. The molecular formula is C17H18N4O2. The summed E-state index contributed by atoms with van der Waals surface area (Å²) in [4.78, 5) is 21.5. The van der Waals surface area contributed by atoms with E-state index < -0.39 is 0 Å². The van der Waals surface area contributed by atoms with Gasteiger partial charge in [0.2, 0.25) is 0 Å². The highest BCUT2D eigenvalue weighted by Gasteiger charge is 2.19. The SMILES string of the molecule is Cc1ccccc1-c1nc2nc(C3CCOCC3)cc(=O)n2[nH]1. The third kappa shape index (κ3) is 2.55. The van der Waals surface area contributed by atoms with Crippen molar-refractivity contribution in [2.75, 3.05) is 13.2 Å². The minimum absolute atomic E-state index is 0.121. The lowest BCUT2D eigenvalue weighted by Gasteiger charge is -2.20. The molecule has 3 heterocycles. The molecule has 6 heteroatoms. The standard InChI is InChI=1S/C17H18N4O2/c1-11-4-2-3-5-13(11)16-19-17-18-14(10-15(22)21(17)20-16)12-6-8-23-9-7-12/h2-5,10,12H,6-9H2,1H3,(H,18,19,20). The molecule has 0 atom stereocenters. The summed E-state index contributed by atoms with van der Waals surface area (Å²) in [6, 6.07) is 9.56. The van der Waals surface area contributed by atoms with Gasteiger partial charge in [-0.25, -0.2) is 4.98 Å². The Labute approximate surface area is 133 Å². The highest BCUT2D eigenvalue weighted by Crippen LogP contribution is 2.25. The molecule has 0 saturated carbocycles. The maximum Gasteiger partial charge on any atom is 0.274 e. The third-order valence-corrected chi connectivity index (χ3v) is 4.39. The number of rotatable bonds is 2. The van der Waals surface area contributed by atoms with Gasteiger partial charge < -0.3 is 4.74 Å². The van der Waals surface area contributed by atoms with Crippen LogP contribution in [0.2, 0.25) is 0 Å². The molecule has 0 spiro atoms. The highest BCUT2D eigenvalue weighted by atomic mass is 16.5. The maximum absolute atomic E-state index is 12.4. The van der Waals surface area contributed by atoms with Gasteiger partial charge in [0.25, 0.3) is 11.3 Å². The lowest BCUT2D eigenvalue weighted by Crippen LogP contribution is -2.20. The van der Waals surface area contributed by atoms with Crippen molar-refractivity contribution in [3.05, 3.63) is 51.9 Å². The Morgan fingerprint density at radius 3 is 2.78 bits per heavy atom. The van der Waals surface area contributed by atoms with Gasteiger partial charge >= 0.3 is 0 Å². The van der Waals surface area contributed by atoms with Crippen molar-refractivity contribution in [1.29, 1.82) is 0 Å². The number of hydrogen-bond acceptors (Lipinski definition) is 4. The Balaban J connectivity index is 1.81. The summed E-state index contributed by atoms with van der Waals surface area (Å²) in [6.07, 6.45) is 1.80. The number of aryl methyl sites for hydroxylation is 1. The van der Waals surface area contributed by atoms with Crippen LogP contribution in [0.5, 0.6) is 0 Å². The summed E-state index contributed by atoms with van der Waals surface area (Å²) in [5, 5.41) is 3.06. The monoisotopic (exact) mass is 310 g/mol. The van der Waals surface area contributed by atoms with Crippen LogP contribution in [-0.4, -0.2) is 32.8 Å². The Kier molecular flexibility index (Phi) is 3.46. The summed E-state index contributed by atoms with van der Waals surface area (Å²) in [5.41, 5.74) is 2.78. The minimum atomic E-state index is -0.121. The van der Waals surface area contributed by atoms with Gasteiger partial charge in [-0.3, -0.25) is 9.89 Å². The van der Waals surface area contributed by atoms with E-state index in [-0.39, 0.29) is 11.5 Å². The van der Waals surface area contributed by atoms with E-state index in [2.05, 4.69) is 15.1 Å². The van der Waals surface area contributed by atoms with Crippen LogP contribution < -0.4 is 5.56 Å². The summed E-state index contributed by atoms with van der Waals surface area (Å²) >= 11 is 0. The van der Waals surface area contributed by atoms with Crippen LogP contribution in [0.1, 0.15) is 30.0 Å². The number of ether oxygens (including phenoxy) is 1. The molecule has 23 heavy (non-hydrogen) atoms. The minimum Gasteiger partial charge on any atom is -0.381 e. The van der Waals surface area contributed by atoms with E-state index in [4.69, 9.17) is 4.74 Å². The van der Waals surface area contributed by atoms with E-state index in [1.165, 1.54) is 4.52 Å². The van der Waals surface area contributed by atoms with Crippen LogP contribution in [0.4, 0.5) is 0 Å². The van der Waals surface area contributed by atoms with E-state index in [0.29, 0.717) is 11.6 Å². The van der Waals surface area contributed by atoms with Gasteiger partial charge in [-0.1, -0.05) is 24.3 Å². The number of aromatic nitrogens is 4. The van der Waals surface area contributed by atoms with Crippen LogP contribution in [0, 0.1) is 6.92 Å². The van der Waals surface area contributed by atoms with Crippen molar-refractivity contribution < 1.29 is 4.74 Å². The van der Waals surface area contributed by atoms with Gasteiger partial charge in [-0.15, -0.1) is 0 Å². The zero-order valence-electron chi connectivity index (χ0n) is 13.0. The zero-order valence-corrected chi connectivity index (χ0v) is 13.0. The number of aromatic amines is 1. The molecule has 0 bridgehead atoms. The molecule has 1 aliphatic heterocycles. The van der Waals surface area contributed by atoms with E-state index in [9.17, 15) is 4.79 Å². The van der Waals surface area contributed by atoms with Gasteiger partial charge in [0.15, 0.2) is 5.82 Å². The van der Waals surface area contributed by atoms with Crippen molar-refractivity contribution in [1.82, 2.24) is 19.6 Å². The summed E-state index contributed by atoms with van der Waals surface area (Å²) in [7, 11) is 0. The molecule has 0 radical (unpaired) electrons. The Hall–Kier alpha value is -2.47. The quantitative estimate of drug-likeness (QED) is 0.788. The van der Waals surface area contributed by atoms with Crippen LogP contribution in [-0.2, 0) is 4.74 Å². The number of nitrogens with one attached hydrogen (secondary N) is 1. The second kappa shape index (κ2) is 5.62. The first-order valence-electron chi connectivity index (χ1n) is 7.86. The fourth-order valence-corrected chi connectivity index (χ4v) is 3.06. The van der Waals surface area contributed by atoms with Crippen LogP contribution in [0.3, 0.4) is 0 Å². The molecule has 6 nitrogen and oxygen atoms in total. The predicted octanol–water partition coefficient (Wildman–Crippen LogP) is 2.29. The molecule has 0 aliphatic carbocycles. The van der Waals surface area contributed by atoms with Gasteiger partial charge in [0.05, 0.1) is 5.69 Å². The summed E-state index contributed by atoms with van der Waals surface area (Å²) < 4.78 is 6.79. The predicted molar refractivity (Wildman–Crippen MR) is 86.6 cm³/mol. The molecule has 1 N–H and O–H groups in total. The van der Waals surface area contributed by atoms with Crippen molar-refractivity contribution in [3.63, 3.8) is 0 Å². The average Bonchev–Trinajstić information content (AvgIpc) is 3.00.